The monoisotopic (exact) mass is 377 g/mol. The molecule has 0 radical (unpaired) electrons. The van der Waals surface area contributed by atoms with Crippen LogP contribution in [0.3, 0.4) is 0 Å². The van der Waals surface area contributed by atoms with Crippen molar-refractivity contribution < 1.29 is 4.74 Å². The molecule has 148 valence electrons. The minimum Gasteiger partial charge on any atom is -0.491 e. The zero-order valence-corrected chi connectivity index (χ0v) is 17.3. The van der Waals surface area contributed by atoms with Crippen molar-refractivity contribution in [1.82, 2.24) is 14.4 Å². The number of hydrogen-bond acceptors (Lipinski definition) is 3. The van der Waals surface area contributed by atoms with Gasteiger partial charge >= 0.3 is 0 Å². The fraction of sp³-hybridized carbons (Fsp3) is 0.417. The Balaban J connectivity index is 1.52. The van der Waals surface area contributed by atoms with Crippen LogP contribution in [0.4, 0.5) is 0 Å². The predicted molar refractivity (Wildman–Crippen MR) is 116 cm³/mol. The van der Waals surface area contributed by atoms with E-state index in [-0.39, 0.29) is 0 Å². The molecule has 4 heteroatoms. The van der Waals surface area contributed by atoms with Gasteiger partial charge in [0.2, 0.25) is 0 Å². The van der Waals surface area contributed by atoms with Gasteiger partial charge in [-0.3, -0.25) is 4.90 Å². The summed E-state index contributed by atoms with van der Waals surface area (Å²) in [6.07, 6.45) is 0. The number of rotatable bonds is 6. The van der Waals surface area contributed by atoms with Crippen LogP contribution in [-0.4, -0.2) is 54.2 Å². The molecule has 0 unspecified atom stereocenters. The van der Waals surface area contributed by atoms with Gasteiger partial charge in [0.15, 0.2) is 0 Å². The van der Waals surface area contributed by atoms with Gasteiger partial charge in [-0.1, -0.05) is 36.4 Å². The molecule has 1 aliphatic rings. The van der Waals surface area contributed by atoms with Crippen molar-refractivity contribution in [2.45, 2.75) is 26.9 Å². The van der Waals surface area contributed by atoms with Crippen molar-refractivity contribution >= 4 is 10.9 Å². The minimum absolute atomic E-state index is 0.681. The van der Waals surface area contributed by atoms with E-state index in [9.17, 15) is 0 Å². The van der Waals surface area contributed by atoms with E-state index >= 15 is 0 Å². The lowest BCUT2D eigenvalue weighted by molar-refractivity contribution is 0.145. The highest BCUT2D eigenvalue weighted by Gasteiger charge is 2.17. The molecule has 28 heavy (non-hydrogen) atoms. The third kappa shape index (κ3) is 4.08. The first-order chi connectivity index (χ1) is 13.6. The maximum atomic E-state index is 6.21. The molecule has 0 saturated carbocycles. The summed E-state index contributed by atoms with van der Waals surface area (Å²) in [5.41, 5.74) is 5.10. The van der Waals surface area contributed by atoms with Crippen LogP contribution in [0.15, 0.2) is 48.5 Å². The van der Waals surface area contributed by atoms with Crippen LogP contribution in [0.2, 0.25) is 0 Å². The molecule has 0 aliphatic carbocycles. The lowest BCUT2D eigenvalue weighted by atomic mass is 10.1. The molecule has 1 aliphatic heterocycles. The van der Waals surface area contributed by atoms with E-state index in [1.165, 1.54) is 27.7 Å². The number of fused-ring (bicyclic) bond motifs is 1. The van der Waals surface area contributed by atoms with E-state index in [0.717, 1.165) is 45.0 Å². The second-order valence-electron chi connectivity index (χ2n) is 7.99. The van der Waals surface area contributed by atoms with Gasteiger partial charge in [-0.2, -0.15) is 0 Å². The first-order valence-electron chi connectivity index (χ1n) is 10.3. The van der Waals surface area contributed by atoms with Gasteiger partial charge in [0.05, 0.1) is 6.54 Å². The molecule has 1 saturated heterocycles. The summed E-state index contributed by atoms with van der Waals surface area (Å²) in [7, 11) is 2.21. The van der Waals surface area contributed by atoms with Crippen molar-refractivity contribution in [1.29, 1.82) is 0 Å². The third-order valence-electron chi connectivity index (χ3n) is 5.85. The quantitative estimate of drug-likeness (QED) is 0.646. The number of piperazine rings is 1. The Labute approximate surface area is 168 Å². The standard InChI is InChI=1S/C24H31N3O/c1-19-7-6-8-20(2)24(19)28-16-15-27-22(17-21-9-4-5-10-23(21)27)18-26-13-11-25(3)12-14-26/h4-10,17H,11-16,18H2,1-3H3. The van der Waals surface area contributed by atoms with E-state index in [2.05, 4.69) is 83.8 Å². The Morgan fingerprint density at radius 3 is 2.36 bits per heavy atom. The molecule has 1 aromatic heterocycles. The smallest absolute Gasteiger partial charge is 0.125 e. The normalized spacial score (nSPS) is 16.0. The largest absolute Gasteiger partial charge is 0.491 e. The second kappa shape index (κ2) is 8.38. The molecule has 4 nitrogen and oxygen atoms in total. The third-order valence-corrected chi connectivity index (χ3v) is 5.85. The summed E-state index contributed by atoms with van der Waals surface area (Å²) in [5.74, 6) is 1.03. The molecular formula is C24H31N3O. The summed E-state index contributed by atoms with van der Waals surface area (Å²) in [6, 6.07) is 17.4. The van der Waals surface area contributed by atoms with Gasteiger partial charge in [0.25, 0.3) is 0 Å². The lowest BCUT2D eigenvalue weighted by Crippen LogP contribution is -2.44. The second-order valence-corrected chi connectivity index (χ2v) is 7.99. The van der Waals surface area contributed by atoms with Crippen LogP contribution in [0.25, 0.3) is 10.9 Å². The first kappa shape index (κ1) is 19.0. The maximum absolute atomic E-state index is 6.21. The van der Waals surface area contributed by atoms with Gasteiger partial charge in [-0.15, -0.1) is 0 Å². The van der Waals surface area contributed by atoms with Gasteiger partial charge in [-0.05, 0) is 49.5 Å². The number of aryl methyl sites for hydroxylation is 2. The van der Waals surface area contributed by atoms with Crippen LogP contribution >= 0.6 is 0 Å². The van der Waals surface area contributed by atoms with Crippen LogP contribution in [0.1, 0.15) is 16.8 Å². The van der Waals surface area contributed by atoms with E-state index in [0.29, 0.717) is 6.61 Å². The molecule has 0 amide bonds. The molecule has 1 fully saturated rings. The topological polar surface area (TPSA) is 20.6 Å². The van der Waals surface area contributed by atoms with Gasteiger partial charge in [0.1, 0.15) is 12.4 Å². The number of hydrogen-bond donors (Lipinski definition) is 0. The Kier molecular flexibility index (Phi) is 5.69. The van der Waals surface area contributed by atoms with Crippen LogP contribution < -0.4 is 4.74 Å². The molecule has 0 atom stereocenters. The number of nitrogens with zero attached hydrogens (tertiary/aromatic N) is 3. The Bertz CT molecular complexity index is 918. The SMILES string of the molecule is Cc1cccc(C)c1OCCn1c(CN2CCN(C)CC2)cc2ccccc21. The predicted octanol–water partition coefficient (Wildman–Crippen LogP) is 4.08. The summed E-state index contributed by atoms with van der Waals surface area (Å²) < 4.78 is 8.65. The Morgan fingerprint density at radius 1 is 0.893 bits per heavy atom. The Hall–Kier alpha value is -2.30. The number of likely N-dealkylation sites (N-methyl/N-ethyl adjacent to an activating group) is 1. The Morgan fingerprint density at radius 2 is 1.61 bits per heavy atom. The van der Waals surface area contributed by atoms with Crippen LogP contribution in [0.5, 0.6) is 5.75 Å². The van der Waals surface area contributed by atoms with E-state index in [4.69, 9.17) is 4.74 Å². The maximum Gasteiger partial charge on any atom is 0.125 e. The molecule has 2 aromatic carbocycles. The fourth-order valence-corrected chi connectivity index (χ4v) is 4.16. The molecular weight excluding hydrogens is 346 g/mol. The lowest BCUT2D eigenvalue weighted by Gasteiger charge is -2.32. The zero-order valence-electron chi connectivity index (χ0n) is 17.3. The molecule has 4 rings (SSSR count). The highest BCUT2D eigenvalue weighted by atomic mass is 16.5. The highest BCUT2D eigenvalue weighted by molar-refractivity contribution is 5.81. The molecule has 0 bridgehead atoms. The van der Waals surface area contributed by atoms with Crippen molar-refractivity contribution in [3.8, 4) is 5.75 Å². The van der Waals surface area contributed by atoms with E-state index < -0.39 is 0 Å². The van der Waals surface area contributed by atoms with Gasteiger partial charge < -0.3 is 14.2 Å². The summed E-state index contributed by atoms with van der Waals surface area (Å²) in [5, 5.41) is 1.32. The number of benzene rings is 2. The highest BCUT2D eigenvalue weighted by Crippen LogP contribution is 2.24. The number of ether oxygens (including phenoxy) is 1. The average molecular weight is 378 g/mol. The zero-order chi connectivity index (χ0) is 19.5. The number of para-hydroxylation sites is 2. The summed E-state index contributed by atoms with van der Waals surface area (Å²) in [6.45, 7) is 11.4. The minimum atomic E-state index is 0.681. The fourth-order valence-electron chi connectivity index (χ4n) is 4.16. The average Bonchev–Trinajstić information content (AvgIpc) is 3.03. The molecule has 3 aromatic rings. The molecule has 2 heterocycles. The van der Waals surface area contributed by atoms with Gasteiger partial charge in [0, 0.05) is 43.9 Å². The van der Waals surface area contributed by atoms with E-state index in [1.54, 1.807) is 0 Å². The summed E-state index contributed by atoms with van der Waals surface area (Å²) in [4.78, 5) is 4.97. The van der Waals surface area contributed by atoms with Crippen molar-refractivity contribution in [2.75, 3.05) is 39.8 Å². The van der Waals surface area contributed by atoms with Crippen molar-refractivity contribution in [3.05, 3.63) is 65.4 Å². The van der Waals surface area contributed by atoms with Crippen LogP contribution in [0, 0.1) is 13.8 Å². The molecule has 0 N–H and O–H groups in total. The summed E-state index contributed by atoms with van der Waals surface area (Å²) >= 11 is 0. The van der Waals surface area contributed by atoms with Gasteiger partial charge in [-0.25, -0.2) is 0 Å². The first-order valence-corrected chi connectivity index (χ1v) is 10.3. The van der Waals surface area contributed by atoms with Crippen LogP contribution in [-0.2, 0) is 13.1 Å². The van der Waals surface area contributed by atoms with E-state index in [1.807, 2.05) is 0 Å². The van der Waals surface area contributed by atoms with Crippen molar-refractivity contribution in [2.24, 2.45) is 0 Å². The number of aromatic nitrogens is 1. The van der Waals surface area contributed by atoms with Crippen molar-refractivity contribution in [3.63, 3.8) is 0 Å². The molecule has 0 spiro atoms.